The number of alkyl halides is 1. The lowest BCUT2D eigenvalue weighted by atomic mass is 9.82. The minimum Gasteiger partial charge on any atom is -0.290 e. The Morgan fingerprint density at radius 2 is 2.00 bits per heavy atom. The van der Waals surface area contributed by atoms with E-state index in [4.69, 9.17) is 0 Å². The molecule has 0 spiro atoms. The lowest BCUT2D eigenvalue weighted by Gasteiger charge is -2.22. The molecule has 1 aliphatic carbocycles. The van der Waals surface area contributed by atoms with E-state index in [0.717, 1.165) is 24.8 Å². The number of hydrogen-bond acceptors (Lipinski definition) is 3. The van der Waals surface area contributed by atoms with E-state index in [9.17, 15) is 9.18 Å². The van der Waals surface area contributed by atoms with Gasteiger partial charge in [0.25, 0.3) is 0 Å². The van der Waals surface area contributed by atoms with Gasteiger partial charge >= 0.3 is 0 Å². The number of benzene rings is 1. The predicted molar refractivity (Wildman–Crippen MR) is 74.7 cm³/mol. The Balaban J connectivity index is 1.69. The Bertz CT molecular complexity index is 678. The summed E-state index contributed by atoms with van der Waals surface area (Å²) >= 11 is 0. The van der Waals surface area contributed by atoms with Crippen molar-refractivity contribution in [3.05, 3.63) is 47.5 Å². The number of fused-ring (bicyclic) bond motifs is 1. The van der Waals surface area contributed by atoms with Crippen LogP contribution in [-0.4, -0.2) is 20.5 Å². The molecule has 2 aromatic rings. The molecule has 2 atom stereocenters. The largest absolute Gasteiger partial charge is 0.290 e. The van der Waals surface area contributed by atoms with Crippen LogP contribution in [0.1, 0.15) is 59.9 Å². The maximum Gasteiger partial charge on any atom is 0.217 e. The summed E-state index contributed by atoms with van der Waals surface area (Å²) in [6.45, 7) is 0. The first-order valence-electron chi connectivity index (χ1n) is 7.43. The highest BCUT2D eigenvalue weighted by Gasteiger charge is 2.38. The van der Waals surface area contributed by atoms with Crippen LogP contribution in [0.3, 0.4) is 0 Å². The second-order valence-corrected chi connectivity index (χ2v) is 5.86. The van der Waals surface area contributed by atoms with E-state index in [-0.39, 0.29) is 23.6 Å². The van der Waals surface area contributed by atoms with Gasteiger partial charge in [-0.25, -0.2) is 14.1 Å². The second-order valence-electron chi connectivity index (χ2n) is 5.86. The van der Waals surface area contributed by atoms with E-state index in [2.05, 4.69) is 10.1 Å². The van der Waals surface area contributed by atoms with Crippen molar-refractivity contribution < 1.29 is 9.18 Å². The van der Waals surface area contributed by atoms with Gasteiger partial charge in [-0.05, 0) is 18.4 Å². The fourth-order valence-corrected chi connectivity index (χ4v) is 3.09. The molecule has 4 rings (SSSR count). The van der Waals surface area contributed by atoms with Crippen molar-refractivity contribution in [3.63, 3.8) is 0 Å². The summed E-state index contributed by atoms with van der Waals surface area (Å²) < 4.78 is 15.8. The number of Topliss-reactive ketones (excluding diaryl/α,β-unsaturated/α-hetero) is 1. The van der Waals surface area contributed by atoms with Crippen molar-refractivity contribution in [2.45, 2.75) is 37.9 Å². The Morgan fingerprint density at radius 3 is 2.67 bits per heavy atom. The van der Waals surface area contributed by atoms with Gasteiger partial charge in [0.1, 0.15) is 0 Å². The van der Waals surface area contributed by atoms with Gasteiger partial charge in [0.05, 0.1) is 6.04 Å². The van der Waals surface area contributed by atoms with E-state index in [1.54, 1.807) is 4.68 Å². The molecule has 2 unspecified atom stereocenters. The van der Waals surface area contributed by atoms with E-state index in [1.807, 2.05) is 30.3 Å². The summed E-state index contributed by atoms with van der Waals surface area (Å²) in [5.41, 5.74) is 1.01. The first kappa shape index (κ1) is 12.7. The number of halogens is 1. The van der Waals surface area contributed by atoms with Gasteiger partial charge in [-0.15, -0.1) is 5.10 Å². The highest BCUT2D eigenvalue weighted by molar-refractivity contribution is 5.94. The Labute approximate surface area is 122 Å². The fourth-order valence-electron chi connectivity index (χ4n) is 3.09. The fraction of sp³-hybridized carbons (Fsp3) is 0.438. The molecule has 0 amide bonds. The maximum atomic E-state index is 14.2. The van der Waals surface area contributed by atoms with Crippen molar-refractivity contribution in [2.24, 2.45) is 5.92 Å². The predicted octanol–water partition coefficient (Wildman–Crippen LogP) is 3.26. The molecular formula is C16H16FN3O. The first-order chi connectivity index (χ1) is 10.2. The monoisotopic (exact) mass is 285 g/mol. The molecule has 0 N–H and O–H groups in total. The molecule has 2 heterocycles. The summed E-state index contributed by atoms with van der Waals surface area (Å²) in [6.07, 6.45) is 2.10. The third kappa shape index (κ3) is 1.99. The average molecular weight is 285 g/mol. The lowest BCUT2D eigenvalue weighted by molar-refractivity contribution is 0.0843. The molecule has 1 aromatic carbocycles. The molecule has 0 saturated heterocycles. The summed E-state index contributed by atoms with van der Waals surface area (Å²) in [7, 11) is 0. The smallest absolute Gasteiger partial charge is 0.217 e. The maximum absolute atomic E-state index is 14.2. The van der Waals surface area contributed by atoms with Crippen LogP contribution < -0.4 is 0 Å². The number of rotatable bonds is 3. The van der Waals surface area contributed by atoms with E-state index in [1.165, 1.54) is 0 Å². The van der Waals surface area contributed by atoms with Gasteiger partial charge in [-0.1, -0.05) is 36.8 Å². The van der Waals surface area contributed by atoms with E-state index < -0.39 is 6.17 Å². The zero-order chi connectivity index (χ0) is 14.4. The van der Waals surface area contributed by atoms with Crippen molar-refractivity contribution in [2.75, 3.05) is 0 Å². The third-order valence-electron chi connectivity index (χ3n) is 4.54. The van der Waals surface area contributed by atoms with Gasteiger partial charge in [-0.2, -0.15) is 0 Å². The van der Waals surface area contributed by atoms with Crippen LogP contribution in [0, 0.1) is 5.92 Å². The average Bonchev–Trinajstić information content (AvgIpc) is 2.99. The molecule has 1 aromatic heterocycles. The summed E-state index contributed by atoms with van der Waals surface area (Å²) in [4.78, 5) is 16.4. The normalized spacial score (nSPS) is 24.6. The van der Waals surface area contributed by atoms with Crippen molar-refractivity contribution in [1.29, 1.82) is 0 Å². The SMILES string of the molecule is O=C(c1nc2n(n1)C(c1ccccc1)CC2F)C1CCC1. The number of hydrogen-bond donors (Lipinski definition) is 0. The minimum absolute atomic E-state index is 0.0258. The molecule has 4 nitrogen and oxygen atoms in total. The van der Waals surface area contributed by atoms with Crippen LogP contribution in [-0.2, 0) is 0 Å². The van der Waals surface area contributed by atoms with Crippen molar-refractivity contribution in [3.8, 4) is 0 Å². The second kappa shape index (κ2) is 4.76. The van der Waals surface area contributed by atoms with Crippen LogP contribution in [0.25, 0.3) is 0 Å². The van der Waals surface area contributed by atoms with Gasteiger partial charge in [0, 0.05) is 12.3 Å². The van der Waals surface area contributed by atoms with Crippen molar-refractivity contribution >= 4 is 5.78 Å². The number of carbonyl (C=O) groups excluding carboxylic acids is 1. The molecule has 1 fully saturated rings. The molecule has 0 radical (unpaired) electrons. The first-order valence-corrected chi connectivity index (χ1v) is 7.43. The Kier molecular flexibility index (Phi) is 2.87. The quantitative estimate of drug-likeness (QED) is 0.813. The van der Waals surface area contributed by atoms with Crippen LogP contribution in [0.4, 0.5) is 4.39 Å². The number of carbonyl (C=O) groups is 1. The molecule has 2 aliphatic rings. The van der Waals surface area contributed by atoms with Gasteiger partial charge in [0.15, 0.2) is 12.0 Å². The number of nitrogens with zero attached hydrogens (tertiary/aromatic N) is 3. The summed E-state index contributed by atoms with van der Waals surface area (Å²) in [6, 6.07) is 9.55. The van der Waals surface area contributed by atoms with E-state index >= 15 is 0 Å². The zero-order valence-corrected chi connectivity index (χ0v) is 11.6. The summed E-state index contributed by atoms with van der Waals surface area (Å²) in [5, 5.41) is 4.32. The Hall–Kier alpha value is -2.04. The van der Waals surface area contributed by atoms with Crippen LogP contribution >= 0.6 is 0 Å². The zero-order valence-electron chi connectivity index (χ0n) is 11.6. The molecule has 0 bridgehead atoms. The minimum atomic E-state index is -1.15. The van der Waals surface area contributed by atoms with Crippen LogP contribution in [0.15, 0.2) is 30.3 Å². The number of aromatic nitrogens is 3. The third-order valence-corrected chi connectivity index (χ3v) is 4.54. The summed E-state index contributed by atoms with van der Waals surface area (Å²) in [5.74, 6) is 0.507. The van der Waals surface area contributed by atoms with Gasteiger partial charge < -0.3 is 0 Å². The standard InChI is InChI=1S/C16H16FN3O/c17-12-9-13(10-5-2-1-3-6-10)20-16(12)18-15(19-20)14(21)11-7-4-8-11/h1-3,5-6,11-13H,4,7-9H2. The Morgan fingerprint density at radius 1 is 1.24 bits per heavy atom. The molecule has 21 heavy (non-hydrogen) atoms. The van der Waals surface area contributed by atoms with Gasteiger partial charge in [0.2, 0.25) is 11.6 Å². The van der Waals surface area contributed by atoms with E-state index in [0.29, 0.717) is 12.2 Å². The highest BCUT2D eigenvalue weighted by Crippen LogP contribution is 2.39. The molecule has 108 valence electrons. The van der Waals surface area contributed by atoms with Crippen molar-refractivity contribution in [1.82, 2.24) is 14.8 Å². The highest BCUT2D eigenvalue weighted by atomic mass is 19.1. The molecular weight excluding hydrogens is 269 g/mol. The topological polar surface area (TPSA) is 47.8 Å². The molecule has 1 saturated carbocycles. The van der Waals surface area contributed by atoms with Crippen LogP contribution in [0.5, 0.6) is 0 Å². The van der Waals surface area contributed by atoms with Crippen LogP contribution in [0.2, 0.25) is 0 Å². The number of ketones is 1. The van der Waals surface area contributed by atoms with Gasteiger partial charge in [-0.3, -0.25) is 4.79 Å². The molecule has 5 heteroatoms. The molecule has 1 aliphatic heterocycles. The lowest BCUT2D eigenvalue weighted by Crippen LogP contribution is -2.23.